The van der Waals surface area contributed by atoms with E-state index in [0.717, 1.165) is 43.5 Å². The maximum absolute atomic E-state index is 12.6. The van der Waals surface area contributed by atoms with Gasteiger partial charge in [-0.05, 0) is 48.6 Å². The number of fused-ring (bicyclic) bond motifs is 1. The van der Waals surface area contributed by atoms with Gasteiger partial charge in [0, 0.05) is 27.7 Å². The highest BCUT2D eigenvalue weighted by molar-refractivity contribution is 9.10. The summed E-state index contributed by atoms with van der Waals surface area (Å²) in [4.78, 5) is 13.3. The number of benzene rings is 2. The Kier molecular flexibility index (Phi) is 6.22. The molecule has 0 saturated heterocycles. The number of aryl methyl sites for hydroxylation is 1. The van der Waals surface area contributed by atoms with Gasteiger partial charge in [-0.15, -0.1) is 10.2 Å². The SMILES string of the molecule is CCc1nnc2sc(-c3cccc(NC(=S)NC(=O)c4ccc(-c5ccc(Br)cc5)o4)c3)nn12. The van der Waals surface area contributed by atoms with Gasteiger partial charge in [0.05, 0.1) is 0 Å². The lowest BCUT2D eigenvalue weighted by atomic mass is 10.2. The molecule has 0 atom stereocenters. The summed E-state index contributed by atoms with van der Waals surface area (Å²) in [6, 6.07) is 18.6. The number of nitrogens with zero attached hydrogens (tertiary/aromatic N) is 4. The Balaban J connectivity index is 1.26. The van der Waals surface area contributed by atoms with E-state index in [1.54, 1.807) is 16.6 Å². The van der Waals surface area contributed by atoms with Gasteiger partial charge in [-0.2, -0.15) is 9.61 Å². The largest absolute Gasteiger partial charge is 0.451 e. The van der Waals surface area contributed by atoms with E-state index in [4.69, 9.17) is 16.6 Å². The fourth-order valence-corrected chi connectivity index (χ4v) is 4.61. The minimum Gasteiger partial charge on any atom is -0.451 e. The van der Waals surface area contributed by atoms with Crippen molar-refractivity contribution in [3.05, 3.63) is 76.7 Å². The average Bonchev–Trinajstić information content (AvgIpc) is 3.56. The molecule has 5 rings (SSSR count). The number of furan rings is 1. The summed E-state index contributed by atoms with van der Waals surface area (Å²) < 4.78 is 8.43. The molecule has 0 aliphatic rings. The van der Waals surface area contributed by atoms with Gasteiger partial charge in [-0.3, -0.25) is 10.1 Å². The van der Waals surface area contributed by atoms with E-state index in [2.05, 4.69) is 41.9 Å². The topological polar surface area (TPSA) is 97.3 Å². The molecule has 3 heterocycles. The van der Waals surface area contributed by atoms with E-state index in [1.165, 1.54) is 11.3 Å². The third kappa shape index (κ3) is 4.63. The van der Waals surface area contributed by atoms with Crippen molar-refractivity contribution in [2.24, 2.45) is 0 Å². The van der Waals surface area contributed by atoms with Gasteiger partial charge in [0.2, 0.25) is 4.96 Å². The molecule has 34 heavy (non-hydrogen) atoms. The number of thiocarbonyl (C=S) groups is 1. The first-order valence-corrected chi connectivity index (χ1v) is 12.3. The maximum Gasteiger partial charge on any atom is 0.293 e. The van der Waals surface area contributed by atoms with Crippen molar-refractivity contribution < 1.29 is 9.21 Å². The van der Waals surface area contributed by atoms with Crippen LogP contribution in [0.5, 0.6) is 0 Å². The van der Waals surface area contributed by atoms with Gasteiger partial charge < -0.3 is 9.73 Å². The van der Waals surface area contributed by atoms with Crippen LogP contribution in [0.1, 0.15) is 23.3 Å². The number of carbonyl (C=O) groups excluding carboxylic acids is 1. The second-order valence-electron chi connectivity index (χ2n) is 7.23. The smallest absolute Gasteiger partial charge is 0.293 e. The van der Waals surface area contributed by atoms with Crippen LogP contribution in [0.15, 0.2) is 69.6 Å². The number of rotatable bonds is 5. The summed E-state index contributed by atoms with van der Waals surface area (Å²) >= 11 is 10.2. The molecule has 3 aromatic heterocycles. The second-order valence-corrected chi connectivity index (χ2v) is 9.51. The molecular formula is C23H17BrN6O2S2. The van der Waals surface area contributed by atoms with E-state index in [0.29, 0.717) is 5.76 Å². The number of halogens is 1. The average molecular weight is 553 g/mol. The lowest BCUT2D eigenvalue weighted by Crippen LogP contribution is -2.33. The predicted octanol–water partition coefficient (Wildman–Crippen LogP) is 5.56. The third-order valence-electron chi connectivity index (χ3n) is 4.92. The van der Waals surface area contributed by atoms with Crippen molar-refractivity contribution in [2.45, 2.75) is 13.3 Å². The van der Waals surface area contributed by atoms with Gasteiger partial charge in [0.25, 0.3) is 5.91 Å². The van der Waals surface area contributed by atoms with Gasteiger partial charge >= 0.3 is 0 Å². The van der Waals surface area contributed by atoms with Crippen LogP contribution < -0.4 is 10.6 Å². The minimum absolute atomic E-state index is 0.162. The number of aromatic nitrogens is 4. The van der Waals surface area contributed by atoms with Crippen molar-refractivity contribution in [2.75, 3.05) is 5.32 Å². The van der Waals surface area contributed by atoms with Crippen molar-refractivity contribution in [3.8, 4) is 21.9 Å². The molecule has 0 aliphatic heterocycles. The number of nitrogens with one attached hydrogen (secondary N) is 2. The number of carbonyl (C=O) groups is 1. The monoisotopic (exact) mass is 552 g/mol. The molecule has 8 nitrogen and oxygen atoms in total. The number of anilines is 1. The first-order valence-electron chi connectivity index (χ1n) is 10.3. The summed E-state index contributed by atoms with van der Waals surface area (Å²) in [5.74, 6) is 1.15. The zero-order valence-corrected chi connectivity index (χ0v) is 21.0. The Morgan fingerprint density at radius 1 is 1.12 bits per heavy atom. The molecule has 0 bridgehead atoms. The van der Waals surface area contributed by atoms with Crippen LogP contribution in [0.2, 0.25) is 0 Å². The molecule has 0 aliphatic carbocycles. The number of amides is 1. The van der Waals surface area contributed by atoms with Gasteiger partial charge in [0.1, 0.15) is 10.8 Å². The summed E-state index contributed by atoms with van der Waals surface area (Å²) in [6.07, 6.45) is 0.750. The highest BCUT2D eigenvalue weighted by atomic mass is 79.9. The van der Waals surface area contributed by atoms with Crippen LogP contribution in [0, 0.1) is 0 Å². The molecule has 0 unspecified atom stereocenters. The van der Waals surface area contributed by atoms with E-state index >= 15 is 0 Å². The Labute approximate surface area is 212 Å². The molecule has 1 amide bonds. The summed E-state index contributed by atoms with van der Waals surface area (Å²) in [6.45, 7) is 2.01. The van der Waals surface area contributed by atoms with Crippen LogP contribution in [-0.4, -0.2) is 30.8 Å². The van der Waals surface area contributed by atoms with Crippen molar-refractivity contribution in [1.82, 2.24) is 25.1 Å². The molecule has 0 fully saturated rings. The van der Waals surface area contributed by atoms with E-state index in [9.17, 15) is 4.79 Å². The minimum atomic E-state index is -0.433. The fraction of sp³-hybridized carbons (Fsp3) is 0.0870. The molecule has 2 aromatic carbocycles. The molecule has 0 radical (unpaired) electrons. The highest BCUT2D eigenvalue weighted by Gasteiger charge is 2.15. The van der Waals surface area contributed by atoms with Gasteiger partial charge in [-0.25, -0.2) is 0 Å². The third-order valence-corrected chi connectivity index (χ3v) is 6.61. The Hall–Kier alpha value is -3.41. The van der Waals surface area contributed by atoms with E-state index in [-0.39, 0.29) is 10.9 Å². The first kappa shape index (κ1) is 22.4. The zero-order valence-electron chi connectivity index (χ0n) is 17.8. The standard InChI is InChI=1S/C23H17BrN6O2S2/c1-2-19-27-28-23-30(19)29-21(34-23)14-4-3-5-16(12-14)25-22(33)26-20(31)18-11-10-17(32-18)13-6-8-15(24)9-7-13/h3-12H,2H2,1H3,(H2,25,26,31,33). The van der Waals surface area contributed by atoms with Gasteiger partial charge in [-0.1, -0.05) is 58.5 Å². The predicted molar refractivity (Wildman–Crippen MR) is 139 cm³/mol. The zero-order chi connectivity index (χ0) is 23.7. The number of hydrogen-bond donors (Lipinski definition) is 2. The number of hydrogen-bond acceptors (Lipinski definition) is 7. The van der Waals surface area contributed by atoms with Crippen LogP contribution in [0.3, 0.4) is 0 Å². The lowest BCUT2D eigenvalue weighted by molar-refractivity contribution is 0.0951. The van der Waals surface area contributed by atoms with Crippen LogP contribution in [-0.2, 0) is 6.42 Å². The maximum atomic E-state index is 12.6. The van der Waals surface area contributed by atoms with Crippen molar-refractivity contribution in [3.63, 3.8) is 0 Å². The van der Waals surface area contributed by atoms with Crippen LogP contribution in [0.25, 0.3) is 26.9 Å². The van der Waals surface area contributed by atoms with E-state index in [1.807, 2.05) is 55.5 Å². The molecule has 0 saturated carbocycles. The molecular weight excluding hydrogens is 536 g/mol. The van der Waals surface area contributed by atoms with Gasteiger partial charge in [0.15, 0.2) is 16.7 Å². The summed E-state index contributed by atoms with van der Waals surface area (Å²) in [7, 11) is 0. The second kappa shape index (κ2) is 9.45. The molecule has 2 N–H and O–H groups in total. The Morgan fingerprint density at radius 2 is 1.94 bits per heavy atom. The molecule has 5 aromatic rings. The van der Waals surface area contributed by atoms with Crippen LogP contribution >= 0.6 is 39.5 Å². The summed E-state index contributed by atoms with van der Waals surface area (Å²) in [5, 5.41) is 19.6. The molecule has 11 heteroatoms. The van der Waals surface area contributed by atoms with Crippen molar-refractivity contribution in [1.29, 1.82) is 0 Å². The quantitative estimate of drug-likeness (QED) is 0.275. The Morgan fingerprint density at radius 3 is 2.74 bits per heavy atom. The first-order chi connectivity index (χ1) is 16.5. The summed E-state index contributed by atoms with van der Waals surface area (Å²) in [5.41, 5.74) is 2.50. The van der Waals surface area contributed by atoms with E-state index < -0.39 is 5.91 Å². The lowest BCUT2D eigenvalue weighted by Gasteiger charge is -2.09. The van der Waals surface area contributed by atoms with Crippen LogP contribution in [0.4, 0.5) is 5.69 Å². The highest BCUT2D eigenvalue weighted by Crippen LogP contribution is 2.28. The Bertz CT molecular complexity index is 1510. The normalized spacial score (nSPS) is 11.0. The van der Waals surface area contributed by atoms with Crippen molar-refractivity contribution >= 4 is 61.2 Å². The molecule has 170 valence electrons. The molecule has 0 spiro atoms. The fourth-order valence-electron chi connectivity index (χ4n) is 3.28.